The number of oxazole rings is 1. The van der Waals surface area contributed by atoms with E-state index in [9.17, 15) is 4.79 Å². The maximum absolute atomic E-state index is 11.6. The Labute approximate surface area is 176 Å². The lowest BCUT2D eigenvalue weighted by atomic mass is 10.1. The van der Waals surface area contributed by atoms with Crippen LogP contribution in [0.25, 0.3) is 22.5 Å². The number of carbonyl (C=O) groups is 1. The van der Waals surface area contributed by atoms with Gasteiger partial charge in [-0.15, -0.1) is 0 Å². The summed E-state index contributed by atoms with van der Waals surface area (Å²) in [6.45, 7) is 9.60. The van der Waals surface area contributed by atoms with Crippen LogP contribution in [0.1, 0.15) is 51.0 Å². The van der Waals surface area contributed by atoms with Crippen LogP contribution in [0.3, 0.4) is 0 Å². The second kappa shape index (κ2) is 9.82. The second-order valence-electron chi connectivity index (χ2n) is 7.61. The van der Waals surface area contributed by atoms with Gasteiger partial charge in [-0.25, -0.2) is 14.6 Å². The smallest absolute Gasteiger partial charge is 0.230 e. The predicted molar refractivity (Wildman–Crippen MR) is 115 cm³/mol. The largest absolute Gasteiger partial charge is 0.444 e. The summed E-state index contributed by atoms with van der Waals surface area (Å²) >= 11 is 0. The fourth-order valence-electron chi connectivity index (χ4n) is 3.18. The van der Waals surface area contributed by atoms with Gasteiger partial charge in [-0.1, -0.05) is 13.8 Å². The first kappa shape index (κ1) is 21.9. The fourth-order valence-corrected chi connectivity index (χ4v) is 3.18. The van der Waals surface area contributed by atoms with Crippen molar-refractivity contribution < 1.29 is 13.9 Å². The lowest BCUT2D eigenvalue weighted by Crippen LogP contribution is -2.28. The number of ether oxygens (including phenoxy) is 1. The van der Waals surface area contributed by atoms with E-state index in [0.717, 1.165) is 54.9 Å². The first-order valence-corrected chi connectivity index (χ1v) is 10.3. The number of rotatable bonds is 5. The van der Waals surface area contributed by atoms with Crippen molar-refractivity contribution in [2.45, 2.75) is 59.2 Å². The van der Waals surface area contributed by atoms with Crippen molar-refractivity contribution in [2.75, 3.05) is 18.5 Å². The average Bonchev–Trinajstić information content (AvgIpc) is 3.36. The molecule has 0 radical (unpaired) electrons. The molecule has 4 heterocycles. The summed E-state index contributed by atoms with van der Waals surface area (Å²) in [5.41, 5.74) is 7.84. The summed E-state index contributed by atoms with van der Waals surface area (Å²) in [6, 6.07) is 0.625. The minimum atomic E-state index is -0.133. The van der Waals surface area contributed by atoms with Gasteiger partial charge in [0.2, 0.25) is 5.89 Å². The van der Waals surface area contributed by atoms with Crippen molar-refractivity contribution in [1.29, 1.82) is 0 Å². The zero-order valence-corrected chi connectivity index (χ0v) is 18.0. The molecule has 3 aromatic heterocycles. The second-order valence-corrected chi connectivity index (χ2v) is 7.61. The van der Waals surface area contributed by atoms with Gasteiger partial charge in [0.1, 0.15) is 12.0 Å². The molecule has 0 unspecified atom stereocenters. The van der Waals surface area contributed by atoms with Crippen LogP contribution in [-0.2, 0) is 11.3 Å². The minimum absolute atomic E-state index is 0.133. The molecule has 1 aliphatic heterocycles. The van der Waals surface area contributed by atoms with Gasteiger partial charge in [-0.05, 0) is 25.8 Å². The number of Topliss-reactive ketones (excluding diaryl/α,β-unsaturated/α-hetero) is 1. The number of hydrogen-bond acceptors (Lipinski definition) is 8. The SMILES string of the molecule is CC(C)N.CCn1ncc2c(NC3CCOCC3)c(-c3nc(C(C)=O)co3)cnc21. The Hall–Kier alpha value is -2.78. The highest BCUT2D eigenvalue weighted by molar-refractivity contribution is 5.97. The number of nitrogens with zero attached hydrogens (tertiary/aromatic N) is 4. The summed E-state index contributed by atoms with van der Waals surface area (Å²) < 4.78 is 12.9. The molecule has 30 heavy (non-hydrogen) atoms. The van der Waals surface area contributed by atoms with Gasteiger partial charge in [0.05, 0.1) is 22.8 Å². The highest BCUT2D eigenvalue weighted by Crippen LogP contribution is 2.34. The van der Waals surface area contributed by atoms with Crippen LogP contribution < -0.4 is 11.1 Å². The van der Waals surface area contributed by atoms with Crippen molar-refractivity contribution in [3.63, 3.8) is 0 Å². The first-order chi connectivity index (χ1) is 14.4. The molecule has 1 aliphatic rings. The average molecular weight is 415 g/mol. The van der Waals surface area contributed by atoms with E-state index in [2.05, 4.69) is 20.4 Å². The van der Waals surface area contributed by atoms with E-state index in [0.29, 0.717) is 23.7 Å². The Bertz CT molecular complexity index is 985. The van der Waals surface area contributed by atoms with Crippen LogP contribution in [0.5, 0.6) is 0 Å². The van der Waals surface area contributed by atoms with E-state index in [1.54, 1.807) is 6.20 Å². The molecule has 9 nitrogen and oxygen atoms in total. The van der Waals surface area contributed by atoms with Crippen LogP contribution in [0.15, 0.2) is 23.1 Å². The topological polar surface area (TPSA) is 121 Å². The summed E-state index contributed by atoms with van der Waals surface area (Å²) in [7, 11) is 0. The number of hydrogen-bond donors (Lipinski definition) is 2. The van der Waals surface area contributed by atoms with Crippen LogP contribution in [0, 0.1) is 0 Å². The van der Waals surface area contributed by atoms with Crippen LogP contribution in [0.4, 0.5) is 5.69 Å². The molecule has 0 atom stereocenters. The maximum Gasteiger partial charge on any atom is 0.230 e. The van der Waals surface area contributed by atoms with Crippen molar-refractivity contribution in [1.82, 2.24) is 19.7 Å². The minimum Gasteiger partial charge on any atom is -0.444 e. The van der Waals surface area contributed by atoms with Gasteiger partial charge in [-0.3, -0.25) is 4.79 Å². The van der Waals surface area contributed by atoms with Crippen LogP contribution >= 0.6 is 0 Å². The van der Waals surface area contributed by atoms with Crippen molar-refractivity contribution >= 4 is 22.5 Å². The number of anilines is 1. The lowest BCUT2D eigenvalue weighted by molar-refractivity contribution is 0.0905. The Balaban J connectivity index is 0.000000589. The molecule has 1 fully saturated rings. The van der Waals surface area contributed by atoms with Gasteiger partial charge in [0, 0.05) is 38.9 Å². The van der Waals surface area contributed by atoms with E-state index in [1.165, 1.54) is 13.2 Å². The molecule has 9 heteroatoms. The summed E-state index contributed by atoms with van der Waals surface area (Å²) in [6.07, 6.45) is 6.78. The number of carbonyl (C=O) groups excluding carboxylic acids is 1. The third-order valence-corrected chi connectivity index (χ3v) is 4.63. The number of nitrogens with one attached hydrogen (secondary N) is 1. The van der Waals surface area contributed by atoms with Crippen molar-refractivity contribution in [2.24, 2.45) is 5.73 Å². The predicted octanol–water partition coefficient (Wildman–Crippen LogP) is 3.25. The number of aromatic nitrogens is 4. The van der Waals surface area contributed by atoms with Gasteiger partial charge in [0.15, 0.2) is 11.4 Å². The lowest BCUT2D eigenvalue weighted by Gasteiger charge is -2.25. The molecule has 162 valence electrons. The van der Waals surface area contributed by atoms with Gasteiger partial charge < -0.3 is 20.2 Å². The molecule has 0 saturated carbocycles. The molecule has 3 N–H and O–H groups in total. The Morgan fingerprint density at radius 1 is 1.33 bits per heavy atom. The van der Waals surface area contributed by atoms with Crippen molar-refractivity contribution in [3.05, 3.63) is 24.4 Å². The molecule has 0 bridgehead atoms. The monoisotopic (exact) mass is 414 g/mol. The highest BCUT2D eigenvalue weighted by Gasteiger charge is 2.22. The van der Waals surface area contributed by atoms with E-state index in [-0.39, 0.29) is 5.78 Å². The van der Waals surface area contributed by atoms with Gasteiger partial charge >= 0.3 is 0 Å². The summed E-state index contributed by atoms with van der Waals surface area (Å²) in [4.78, 5) is 20.4. The Morgan fingerprint density at radius 2 is 2.03 bits per heavy atom. The zero-order chi connectivity index (χ0) is 21.7. The molecule has 0 aliphatic carbocycles. The van der Waals surface area contributed by atoms with Gasteiger partial charge in [0.25, 0.3) is 0 Å². The van der Waals surface area contributed by atoms with E-state index in [4.69, 9.17) is 14.9 Å². The number of pyridine rings is 1. The fraction of sp³-hybridized carbons (Fsp3) is 0.524. The van der Waals surface area contributed by atoms with Crippen molar-refractivity contribution in [3.8, 4) is 11.5 Å². The third kappa shape index (κ3) is 5.03. The molecule has 0 aromatic carbocycles. The third-order valence-electron chi connectivity index (χ3n) is 4.63. The van der Waals surface area contributed by atoms with Crippen LogP contribution in [-0.4, -0.2) is 50.8 Å². The summed E-state index contributed by atoms with van der Waals surface area (Å²) in [5, 5.41) is 8.94. The number of nitrogens with two attached hydrogens (primary N) is 1. The first-order valence-electron chi connectivity index (χ1n) is 10.3. The Kier molecular flexibility index (Phi) is 7.17. The molecular weight excluding hydrogens is 384 g/mol. The standard InChI is InChI=1S/C18H21N5O3.C3H9N/c1-3-23-17-13(9-20-23)16(21-12-4-6-25-7-5-12)14(8-19-17)18-22-15(10-26-18)11(2)24;1-3(2)4/h8-10,12H,3-7H2,1-2H3,(H,19,21);3H,4H2,1-2H3. The van der Waals surface area contributed by atoms with Gasteiger partial charge in [-0.2, -0.15) is 5.10 Å². The van der Waals surface area contributed by atoms with E-state index in [1.807, 2.05) is 31.6 Å². The maximum atomic E-state index is 11.6. The molecule has 4 rings (SSSR count). The molecule has 0 amide bonds. The Morgan fingerprint density at radius 3 is 2.63 bits per heavy atom. The number of aryl methyl sites for hydroxylation is 1. The molecule has 0 spiro atoms. The number of ketones is 1. The normalized spacial score (nSPS) is 14.6. The number of fused-ring (bicyclic) bond motifs is 1. The zero-order valence-electron chi connectivity index (χ0n) is 18.0. The van der Waals surface area contributed by atoms with E-state index >= 15 is 0 Å². The molecular formula is C21H30N6O3. The summed E-state index contributed by atoms with van der Waals surface area (Å²) in [5.74, 6) is 0.246. The van der Waals surface area contributed by atoms with E-state index < -0.39 is 0 Å². The molecule has 3 aromatic rings. The quantitative estimate of drug-likeness (QED) is 0.610. The van der Waals surface area contributed by atoms with Crippen LogP contribution in [0.2, 0.25) is 0 Å². The highest BCUT2D eigenvalue weighted by atomic mass is 16.5. The molecule has 1 saturated heterocycles.